The number of halogens is 9. The van der Waals surface area contributed by atoms with E-state index in [1.54, 1.807) is 0 Å². The van der Waals surface area contributed by atoms with Crippen LogP contribution in [0.5, 0.6) is 5.75 Å². The van der Waals surface area contributed by atoms with Gasteiger partial charge in [0.05, 0.1) is 13.2 Å². The van der Waals surface area contributed by atoms with Crippen molar-refractivity contribution in [1.29, 1.82) is 0 Å². The maximum absolute atomic E-state index is 14.9. The fraction of sp³-hybridized carbons (Fsp3) is 0.280. The lowest BCUT2D eigenvalue weighted by Crippen LogP contribution is -2.42. The van der Waals surface area contributed by atoms with Crippen molar-refractivity contribution in [2.75, 3.05) is 20.3 Å². The summed E-state index contributed by atoms with van der Waals surface area (Å²) < 4.78 is 141. The molecule has 1 heterocycles. The van der Waals surface area contributed by atoms with Crippen LogP contribution in [-0.4, -0.2) is 38.7 Å². The van der Waals surface area contributed by atoms with Gasteiger partial charge in [0.25, 0.3) is 0 Å². The normalized spacial score (nSPS) is 18.5. The first-order chi connectivity index (χ1) is 17.8. The standard InChI is InChI=1S/C25H17F9O4/c1-35-14-10-36-23(37-11-14)17-7-6-15(19(26)21(17)28)12-2-4-13(5-3-12)16-8-9-18(22(29)20(16)27)38-25(33,34)24(30,31)32/h2-9,14,23H,10-11H2,1H3. The second-order valence-corrected chi connectivity index (χ2v) is 8.12. The summed E-state index contributed by atoms with van der Waals surface area (Å²) in [4.78, 5) is 0. The van der Waals surface area contributed by atoms with Crippen molar-refractivity contribution in [3.8, 4) is 28.0 Å². The molecule has 1 aliphatic rings. The van der Waals surface area contributed by atoms with Crippen LogP contribution in [0.2, 0.25) is 0 Å². The molecule has 0 radical (unpaired) electrons. The van der Waals surface area contributed by atoms with Gasteiger partial charge in [0.2, 0.25) is 5.82 Å². The molecule has 1 saturated heterocycles. The number of hydrogen-bond acceptors (Lipinski definition) is 4. The van der Waals surface area contributed by atoms with E-state index < -0.39 is 53.2 Å². The highest BCUT2D eigenvalue weighted by molar-refractivity contribution is 5.71. The molecule has 0 saturated carbocycles. The van der Waals surface area contributed by atoms with Gasteiger partial charge in [-0.05, 0) is 23.3 Å². The lowest BCUT2D eigenvalue weighted by molar-refractivity contribution is -0.361. The van der Waals surface area contributed by atoms with Gasteiger partial charge in [-0.25, -0.2) is 13.2 Å². The van der Waals surface area contributed by atoms with Gasteiger partial charge < -0.3 is 18.9 Å². The van der Waals surface area contributed by atoms with Crippen LogP contribution in [0.1, 0.15) is 11.9 Å². The van der Waals surface area contributed by atoms with Crippen LogP contribution in [0.4, 0.5) is 39.5 Å². The maximum Gasteiger partial charge on any atom is 0.499 e. The van der Waals surface area contributed by atoms with E-state index >= 15 is 0 Å². The average Bonchev–Trinajstić information content (AvgIpc) is 2.88. The molecule has 1 aliphatic heterocycles. The number of benzene rings is 3. The van der Waals surface area contributed by atoms with E-state index in [-0.39, 0.29) is 41.6 Å². The first kappa shape index (κ1) is 27.7. The molecule has 0 amide bonds. The van der Waals surface area contributed by atoms with Crippen LogP contribution in [-0.2, 0) is 14.2 Å². The van der Waals surface area contributed by atoms with Gasteiger partial charge in [0, 0.05) is 23.8 Å². The van der Waals surface area contributed by atoms with E-state index in [4.69, 9.17) is 14.2 Å². The van der Waals surface area contributed by atoms with Crippen LogP contribution in [0, 0.1) is 23.3 Å². The van der Waals surface area contributed by atoms with Crippen molar-refractivity contribution in [3.05, 3.63) is 77.4 Å². The van der Waals surface area contributed by atoms with Crippen LogP contribution in [0.25, 0.3) is 22.3 Å². The summed E-state index contributed by atoms with van der Waals surface area (Å²) in [5, 5.41) is 0. The Kier molecular flexibility index (Phi) is 7.64. The lowest BCUT2D eigenvalue weighted by atomic mass is 9.98. The summed E-state index contributed by atoms with van der Waals surface area (Å²) in [5.41, 5.74) is -0.734. The Bertz CT molecular complexity index is 1300. The number of hydrogen-bond donors (Lipinski definition) is 0. The van der Waals surface area contributed by atoms with Crippen molar-refractivity contribution < 1.29 is 58.5 Å². The molecule has 0 aromatic heterocycles. The molecule has 0 aliphatic carbocycles. The summed E-state index contributed by atoms with van der Waals surface area (Å²) in [6.07, 6.45) is -13.4. The quantitative estimate of drug-likeness (QED) is 0.304. The zero-order valence-corrected chi connectivity index (χ0v) is 19.2. The minimum absolute atomic E-state index is 0.0338. The predicted octanol–water partition coefficient (Wildman–Crippen LogP) is 7.17. The molecule has 1 fully saturated rings. The van der Waals surface area contributed by atoms with Crippen molar-refractivity contribution in [2.24, 2.45) is 0 Å². The highest BCUT2D eigenvalue weighted by Crippen LogP contribution is 2.40. The minimum atomic E-state index is -6.15. The molecule has 0 bridgehead atoms. The van der Waals surface area contributed by atoms with E-state index in [0.717, 1.165) is 6.07 Å². The van der Waals surface area contributed by atoms with Crippen LogP contribution in [0.3, 0.4) is 0 Å². The summed E-state index contributed by atoms with van der Waals surface area (Å²) >= 11 is 0. The number of alkyl halides is 5. The van der Waals surface area contributed by atoms with E-state index in [1.807, 2.05) is 0 Å². The molecular formula is C25H17F9O4. The molecule has 38 heavy (non-hydrogen) atoms. The monoisotopic (exact) mass is 552 g/mol. The number of methoxy groups -OCH3 is 1. The lowest BCUT2D eigenvalue weighted by Gasteiger charge is -2.29. The molecule has 4 rings (SSSR count). The second kappa shape index (κ2) is 10.5. The third-order valence-electron chi connectivity index (χ3n) is 5.69. The summed E-state index contributed by atoms with van der Waals surface area (Å²) in [7, 11) is 1.45. The topological polar surface area (TPSA) is 36.9 Å². The average molecular weight is 552 g/mol. The maximum atomic E-state index is 14.9. The summed E-state index contributed by atoms with van der Waals surface area (Å²) in [6.45, 7) is 0.223. The van der Waals surface area contributed by atoms with Gasteiger partial charge in [0.1, 0.15) is 6.10 Å². The Morgan fingerprint density at radius 3 is 1.68 bits per heavy atom. The highest BCUT2D eigenvalue weighted by Gasteiger charge is 2.61. The first-order valence-electron chi connectivity index (χ1n) is 10.8. The van der Waals surface area contributed by atoms with Crippen LogP contribution >= 0.6 is 0 Å². The van der Waals surface area contributed by atoms with Gasteiger partial charge in [-0.2, -0.15) is 26.3 Å². The van der Waals surface area contributed by atoms with Gasteiger partial charge in [0.15, 0.2) is 29.5 Å². The summed E-state index contributed by atoms with van der Waals surface area (Å²) in [6, 6.07) is 8.59. The zero-order chi connectivity index (χ0) is 27.8. The Hall–Kier alpha value is -3.29. The Labute approximate surface area is 209 Å². The number of rotatable bonds is 6. The fourth-order valence-corrected chi connectivity index (χ4v) is 3.63. The molecule has 204 valence electrons. The molecule has 0 N–H and O–H groups in total. The molecule has 3 aromatic rings. The van der Waals surface area contributed by atoms with Crippen molar-refractivity contribution in [2.45, 2.75) is 24.7 Å². The largest absolute Gasteiger partial charge is 0.499 e. The molecule has 13 heteroatoms. The molecule has 4 nitrogen and oxygen atoms in total. The van der Waals surface area contributed by atoms with Crippen molar-refractivity contribution in [3.63, 3.8) is 0 Å². The van der Waals surface area contributed by atoms with Gasteiger partial charge in [-0.3, -0.25) is 0 Å². The van der Waals surface area contributed by atoms with E-state index in [1.165, 1.54) is 43.5 Å². The van der Waals surface area contributed by atoms with E-state index in [2.05, 4.69) is 4.74 Å². The number of ether oxygens (including phenoxy) is 4. The zero-order valence-electron chi connectivity index (χ0n) is 19.2. The minimum Gasteiger partial charge on any atom is -0.423 e. The first-order valence-corrected chi connectivity index (χ1v) is 10.8. The Morgan fingerprint density at radius 1 is 0.684 bits per heavy atom. The van der Waals surface area contributed by atoms with Crippen molar-refractivity contribution >= 4 is 0 Å². The summed E-state index contributed by atoms with van der Waals surface area (Å²) in [5.74, 6) is -7.90. The smallest absolute Gasteiger partial charge is 0.423 e. The third kappa shape index (κ3) is 5.31. The fourth-order valence-electron chi connectivity index (χ4n) is 3.63. The van der Waals surface area contributed by atoms with Gasteiger partial charge >= 0.3 is 12.3 Å². The van der Waals surface area contributed by atoms with Gasteiger partial charge in [-0.1, -0.05) is 36.4 Å². The second-order valence-electron chi connectivity index (χ2n) is 8.12. The van der Waals surface area contributed by atoms with E-state index in [9.17, 15) is 39.5 Å². The SMILES string of the molecule is COC1COC(c2ccc(-c3ccc(-c4ccc(OC(F)(F)C(F)(F)F)c(F)c4F)cc3)c(F)c2F)OC1. The third-order valence-corrected chi connectivity index (χ3v) is 5.69. The highest BCUT2D eigenvalue weighted by atomic mass is 19.4. The molecular weight excluding hydrogens is 535 g/mol. The van der Waals surface area contributed by atoms with E-state index in [0.29, 0.717) is 6.07 Å². The van der Waals surface area contributed by atoms with Crippen LogP contribution in [0.15, 0.2) is 48.5 Å². The molecule has 0 unspecified atom stereocenters. The molecule has 3 aromatic carbocycles. The molecule has 0 spiro atoms. The molecule has 0 atom stereocenters. The predicted molar refractivity (Wildman–Crippen MR) is 114 cm³/mol. The van der Waals surface area contributed by atoms with Crippen LogP contribution < -0.4 is 4.74 Å². The van der Waals surface area contributed by atoms with Crippen molar-refractivity contribution in [1.82, 2.24) is 0 Å². The Morgan fingerprint density at radius 2 is 1.18 bits per heavy atom. The van der Waals surface area contributed by atoms with Gasteiger partial charge in [-0.15, -0.1) is 0 Å². The Balaban J connectivity index is 1.57.